The second-order valence-electron chi connectivity index (χ2n) is 6.51. The SMILES string of the molecule is COc1ccc(C(CC(=O)N2CCCc3ccccc32)NC(C)=O)cc1. The van der Waals surface area contributed by atoms with Crippen molar-refractivity contribution in [2.75, 3.05) is 18.6 Å². The van der Waals surface area contributed by atoms with Crippen LogP contribution >= 0.6 is 0 Å². The van der Waals surface area contributed by atoms with Gasteiger partial charge in [-0.2, -0.15) is 0 Å². The lowest BCUT2D eigenvalue weighted by molar-refractivity contribution is -0.121. The average molecular weight is 352 g/mol. The number of methoxy groups -OCH3 is 1. The lowest BCUT2D eigenvalue weighted by Crippen LogP contribution is -2.38. The molecule has 0 aliphatic carbocycles. The van der Waals surface area contributed by atoms with Crippen LogP contribution in [0.3, 0.4) is 0 Å². The Balaban J connectivity index is 1.80. The standard InChI is InChI=1S/C21H24N2O3/c1-15(24)22-19(16-9-11-18(26-2)12-10-16)14-21(25)23-13-5-7-17-6-3-4-8-20(17)23/h3-4,6,8-12,19H,5,7,13-14H2,1-2H3,(H,22,24). The Kier molecular flexibility index (Phi) is 5.56. The molecular formula is C21H24N2O3. The molecule has 1 N–H and O–H groups in total. The van der Waals surface area contributed by atoms with Gasteiger partial charge in [0.25, 0.3) is 0 Å². The minimum Gasteiger partial charge on any atom is -0.497 e. The predicted molar refractivity (Wildman–Crippen MR) is 101 cm³/mol. The fourth-order valence-corrected chi connectivity index (χ4v) is 3.41. The third kappa shape index (κ3) is 4.04. The first kappa shape index (κ1) is 18.0. The topological polar surface area (TPSA) is 58.6 Å². The molecule has 3 rings (SSSR count). The van der Waals surface area contributed by atoms with Crippen molar-refractivity contribution in [3.63, 3.8) is 0 Å². The summed E-state index contributed by atoms with van der Waals surface area (Å²) in [6.45, 7) is 2.18. The van der Waals surface area contributed by atoms with Crippen LogP contribution in [0.1, 0.15) is 36.9 Å². The van der Waals surface area contributed by atoms with Gasteiger partial charge in [-0.15, -0.1) is 0 Å². The highest BCUT2D eigenvalue weighted by Gasteiger charge is 2.25. The van der Waals surface area contributed by atoms with Crippen LogP contribution in [0.15, 0.2) is 48.5 Å². The second kappa shape index (κ2) is 8.04. The summed E-state index contributed by atoms with van der Waals surface area (Å²) < 4.78 is 5.18. The van der Waals surface area contributed by atoms with E-state index in [1.165, 1.54) is 12.5 Å². The van der Waals surface area contributed by atoms with Crippen molar-refractivity contribution in [2.45, 2.75) is 32.2 Å². The first-order chi connectivity index (χ1) is 12.6. The van der Waals surface area contributed by atoms with Gasteiger partial charge in [0.2, 0.25) is 11.8 Å². The van der Waals surface area contributed by atoms with Crippen molar-refractivity contribution in [1.29, 1.82) is 0 Å². The van der Waals surface area contributed by atoms with Crippen molar-refractivity contribution in [2.24, 2.45) is 0 Å². The number of nitrogens with zero attached hydrogens (tertiary/aromatic N) is 1. The van der Waals surface area contributed by atoms with E-state index in [4.69, 9.17) is 4.74 Å². The van der Waals surface area contributed by atoms with E-state index in [0.717, 1.165) is 29.8 Å². The zero-order valence-corrected chi connectivity index (χ0v) is 15.2. The monoisotopic (exact) mass is 352 g/mol. The van der Waals surface area contributed by atoms with Crippen LogP contribution in [-0.2, 0) is 16.0 Å². The number of rotatable bonds is 5. The van der Waals surface area contributed by atoms with E-state index in [1.54, 1.807) is 7.11 Å². The number of fused-ring (bicyclic) bond motifs is 1. The second-order valence-corrected chi connectivity index (χ2v) is 6.51. The molecule has 0 saturated carbocycles. The van der Waals surface area contributed by atoms with E-state index in [-0.39, 0.29) is 24.3 Å². The molecular weight excluding hydrogens is 328 g/mol. The maximum atomic E-state index is 13.0. The Morgan fingerprint density at radius 2 is 1.88 bits per heavy atom. The molecule has 136 valence electrons. The predicted octanol–water partition coefficient (Wildman–Crippen LogP) is 3.24. The number of carbonyl (C=O) groups excluding carboxylic acids is 2. The third-order valence-corrected chi connectivity index (χ3v) is 4.69. The van der Waals surface area contributed by atoms with Gasteiger partial charge in [-0.05, 0) is 42.2 Å². The van der Waals surface area contributed by atoms with Gasteiger partial charge in [-0.25, -0.2) is 0 Å². The van der Waals surface area contributed by atoms with Gasteiger partial charge in [-0.3, -0.25) is 9.59 Å². The quantitative estimate of drug-likeness (QED) is 0.899. The fourth-order valence-electron chi connectivity index (χ4n) is 3.41. The largest absolute Gasteiger partial charge is 0.497 e. The Morgan fingerprint density at radius 1 is 1.15 bits per heavy atom. The van der Waals surface area contributed by atoms with E-state index >= 15 is 0 Å². The normalized spacial score (nSPS) is 14.3. The Labute approximate surface area is 154 Å². The number of amides is 2. The van der Waals surface area contributed by atoms with Crippen molar-refractivity contribution in [1.82, 2.24) is 5.32 Å². The van der Waals surface area contributed by atoms with E-state index < -0.39 is 0 Å². The maximum Gasteiger partial charge on any atom is 0.229 e. The summed E-state index contributed by atoms with van der Waals surface area (Å²) in [5.41, 5.74) is 3.08. The van der Waals surface area contributed by atoms with Crippen molar-refractivity contribution in [3.8, 4) is 5.75 Å². The Hall–Kier alpha value is -2.82. The van der Waals surface area contributed by atoms with Crippen LogP contribution < -0.4 is 15.0 Å². The highest BCUT2D eigenvalue weighted by molar-refractivity contribution is 5.95. The van der Waals surface area contributed by atoms with Gasteiger partial charge in [0, 0.05) is 19.2 Å². The van der Waals surface area contributed by atoms with Gasteiger partial charge >= 0.3 is 0 Å². The molecule has 5 heteroatoms. The summed E-state index contributed by atoms with van der Waals surface area (Å²) in [5.74, 6) is 0.607. The van der Waals surface area contributed by atoms with E-state index in [9.17, 15) is 9.59 Å². The van der Waals surface area contributed by atoms with Gasteiger partial charge in [0.15, 0.2) is 0 Å². The van der Waals surface area contributed by atoms with Crippen molar-refractivity contribution in [3.05, 3.63) is 59.7 Å². The van der Waals surface area contributed by atoms with Crippen LogP contribution in [-0.4, -0.2) is 25.5 Å². The van der Waals surface area contributed by atoms with Crippen molar-refractivity contribution >= 4 is 17.5 Å². The molecule has 0 aromatic heterocycles. The summed E-state index contributed by atoms with van der Waals surface area (Å²) >= 11 is 0. The zero-order valence-electron chi connectivity index (χ0n) is 15.2. The molecule has 2 aromatic rings. The molecule has 1 aliphatic heterocycles. The highest BCUT2D eigenvalue weighted by atomic mass is 16.5. The summed E-state index contributed by atoms with van der Waals surface area (Å²) in [4.78, 5) is 26.5. The van der Waals surface area contributed by atoms with Crippen LogP contribution in [0.2, 0.25) is 0 Å². The van der Waals surface area contributed by atoms with Gasteiger partial charge in [0.1, 0.15) is 5.75 Å². The summed E-state index contributed by atoms with van der Waals surface area (Å²) in [7, 11) is 1.61. The van der Waals surface area contributed by atoms with E-state index in [0.29, 0.717) is 6.54 Å². The molecule has 1 unspecified atom stereocenters. The molecule has 5 nitrogen and oxygen atoms in total. The number of anilines is 1. The number of carbonyl (C=O) groups is 2. The molecule has 26 heavy (non-hydrogen) atoms. The molecule has 0 radical (unpaired) electrons. The van der Waals surface area contributed by atoms with Gasteiger partial charge in [0.05, 0.1) is 19.6 Å². The number of para-hydroxylation sites is 1. The van der Waals surface area contributed by atoms with Crippen LogP contribution in [0.25, 0.3) is 0 Å². The Morgan fingerprint density at radius 3 is 2.58 bits per heavy atom. The van der Waals surface area contributed by atoms with E-state index in [2.05, 4.69) is 11.4 Å². The summed E-state index contributed by atoms with van der Waals surface area (Å²) in [6, 6.07) is 15.1. The molecule has 0 fully saturated rings. The van der Waals surface area contributed by atoms with Crippen LogP contribution in [0.4, 0.5) is 5.69 Å². The first-order valence-electron chi connectivity index (χ1n) is 8.88. The molecule has 0 saturated heterocycles. The molecule has 2 aromatic carbocycles. The lowest BCUT2D eigenvalue weighted by Gasteiger charge is -2.31. The minimum atomic E-state index is -0.361. The lowest BCUT2D eigenvalue weighted by atomic mass is 9.99. The molecule has 1 aliphatic rings. The summed E-state index contributed by atoms with van der Waals surface area (Å²) in [6.07, 6.45) is 2.17. The van der Waals surface area contributed by atoms with Gasteiger partial charge in [-0.1, -0.05) is 30.3 Å². The highest BCUT2D eigenvalue weighted by Crippen LogP contribution is 2.29. The Bertz CT molecular complexity index is 786. The number of ether oxygens (including phenoxy) is 1. The molecule has 1 atom stereocenters. The zero-order chi connectivity index (χ0) is 18.5. The fraction of sp³-hybridized carbons (Fsp3) is 0.333. The average Bonchev–Trinajstić information content (AvgIpc) is 2.66. The molecule has 1 heterocycles. The van der Waals surface area contributed by atoms with Crippen molar-refractivity contribution < 1.29 is 14.3 Å². The molecule has 0 bridgehead atoms. The molecule has 2 amide bonds. The number of nitrogens with one attached hydrogen (secondary N) is 1. The number of aryl methyl sites for hydroxylation is 1. The van der Waals surface area contributed by atoms with Crippen LogP contribution in [0, 0.1) is 0 Å². The number of hydrogen-bond acceptors (Lipinski definition) is 3. The molecule has 0 spiro atoms. The smallest absolute Gasteiger partial charge is 0.229 e. The maximum absolute atomic E-state index is 13.0. The third-order valence-electron chi connectivity index (χ3n) is 4.69. The number of benzene rings is 2. The minimum absolute atomic E-state index is 0.0201. The van der Waals surface area contributed by atoms with Crippen LogP contribution in [0.5, 0.6) is 5.75 Å². The number of hydrogen-bond donors (Lipinski definition) is 1. The van der Waals surface area contributed by atoms with Gasteiger partial charge < -0.3 is 15.0 Å². The van der Waals surface area contributed by atoms with E-state index in [1.807, 2.05) is 47.4 Å². The summed E-state index contributed by atoms with van der Waals surface area (Å²) in [5, 5.41) is 2.90. The first-order valence-corrected chi connectivity index (χ1v) is 8.88.